The molecule has 3 fully saturated rings. The van der Waals surface area contributed by atoms with E-state index in [0.717, 1.165) is 5.69 Å². The number of piperidine rings is 2. The second kappa shape index (κ2) is 16.3. The van der Waals surface area contributed by atoms with E-state index in [9.17, 15) is 14.4 Å². The Bertz CT molecular complexity index is 1470. The van der Waals surface area contributed by atoms with Gasteiger partial charge in [0.25, 0.3) is 0 Å². The van der Waals surface area contributed by atoms with Gasteiger partial charge in [-0.2, -0.15) is 0 Å². The van der Waals surface area contributed by atoms with E-state index in [1.54, 1.807) is 62.0 Å². The molecule has 0 radical (unpaired) electrons. The lowest BCUT2D eigenvalue weighted by atomic mass is 9.54. The van der Waals surface area contributed by atoms with Gasteiger partial charge in [0.05, 0.1) is 43.4 Å². The number of fused-ring (bicyclic) bond motifs is 2. The summed E-state index contributed by atoms with van der Waals surface area (Å²) in [6, 6.07) is 14.5. The average Bonchev–Trinajstić information content (AvgIpc) is 3.20. The topological polar surface area (TPSA) is 125 Å². The number of rotatable bonds is 6. The van der Waals surface area contributed by atoms with Crippen molar-refractivity contribution in [2.45, 2.75) is 18.6 Å². The highest BCUT2D eigenvalue weighted by molar-refractivity contribution is 6.17. The van der Waals surface area contributed by atoms with Crippen molar-refractivity contribution in [2.24, 2.45) is 10.8 Å². The van der Waals surface area contributed by atoms with Crippen LogP contribution < -0.4 is 0 Å². The largest absolute Gasteiger partial charge is 0.468 e. The minimum atomic E-state index is -1.77. The van der Waals surface area contributed by atoms with Gasteiger partial charge in [0.2, 0.25) is 0 Å². The number of aromatic nitrogens is 3. The normalized spacial score (nSPS) is 27.2. The number of ketones is 1. The number of carbonyl (C=O) groups excluding carboxylic acids is 3. The molecule has 0 N–H and O–H groups in total. The van der Waals surface area contributed by atoms with Gasteiger partial charge in [-0.05, 0) is 64.6 Å². The quantitative estimate of drug-likeness (QED) is 0.277. The molecule has 6 rings (SSSR count). The zero-order valence-electron chi connectivity index (χ0n) is 30.1. The molecular weight excluding hydrogens is 636 g/mol. The van der Waals surface area contributed by atoms with E-state index in [-0.39, 0.29) is 13.1 Å². The fraction of sp³-hybridized carbons (Fsp3) is 0.514. The number of methoxy groups -OCH3 is 2. The number of carbonyl (C=O) groups is 3. The summed E-state index contributed by atoms with van der Waals surface area (Å²) in [6.45, 7) is 7.51. The van der Waals surface area contributed by atoms with E-state index < -0.39 is 40.6 Å². The fourth-order valence-electron chi connectivity index (χ4n) is 7.66. The lowest BCUT2D eigenvalue weighted by Gasteiger charge is -2.60. The van der Waals surface area contributed by atoms with Crippen molar-refractivity contribution in [3.8, 4) is 0 Å². The van der Waals surface area contributed by atoms with E-state index in [2.05, 4.69) is 50.8 Å². The van der Waals surface area contributed by atoms with E-state index >= 15 is 0 Å². The van der Waals surface area contributed by atoms with Gasteiger partial charge in [0.15, 0.2) is 16.6 Å². The molecule has 13 heteroatoms. The number of likely N-dealkylation sites (tertiary alicyclic amines) is 2. The number of ether oxygens (including phenoxy) is 2. The van der Waals surface area contributed by atoms with E-state index in [0.29, 0.717) is 17.9 Å². The number of likely N-dealkylation sites (N-methyl/N-ethyl adjacent to an activating group) is 3. The van der Waals surface area contributed by atoms with Crippen molar-refractivity contribution in [2.75, 3.05) is 94.8 Å². The maximum Gasteiger partial charge on any atom is 0.322 e. The molecular formula is C37H50N8O5. The first kappa shape index (κ1) is 37.1. The zero-order valence-corrected chi connectivity index (χ0v) is 30.1. The Hall–Kier alpha value is -4.14. The third-order valence-electron chi connectivity index (χ3n) is 10.2. The summed E-state index contributed by atoms with van der Waals surface area (Å²) < 4.78 is 10.6. The molecule has 3 aliphatic rings. The molecule has 0 amide bonds. The van der Waals surface area contributed by atoms with E-state index in [1.165, 1.54) is 53.5 Å². The molecule has 0 spiro atoms. The van der Waals surface area contributed by atoms with Crippen LogP contribution in [0.4, 0.5) is 0 Å². The molecule has 3 aromatic rings. The molecule has 3 aliphatic heterocycles. The molecule has 2 bridgehead atoms. The number of nitrogens with zero attached hydrogens (tertiary/aromatic N) is 8. The standard InChI is InChI=1S/C28H29N5O5.C9H21N3/c1-32-22(20-11-5-8-14-30-20)27(25(35)37-2)17-33(16-19-10-4-7-13-29-19)18-28(24(27)34,26(36)38-3)23(32)21-12-6-9-15-31-21;1-10-4-6-11(2)8-9-12(3)7-5-10/h4-15,22-23H,16-18H2,1-3H3;4-9H2,1-3H3. The zero-order chi connectivity index (χ0) is 35.9. The second-order valence-electron chi connectivity index (χ2n) is 13.6. The third-order valence-corrected chi connectivity index (χ3v) is 10.2. The molecule has 0 saturated carbocycles. The summed E-state index contributed by atoms with van der Waals surface area (Å²) in [7, 11) is 10.9. The van der Waals surface area contributed by atoms with Crippen LogP contribution in [0.15, 0.2) is 73.2 Å². The molecule has 0 aliphatic carbocycles. The molecule has 4 atom stereocenters. The highest BCUT2D eigenvalue weighted by atomic mass is 16.5. The van der Waals surface area contributed by atoms with Crippen molar-refractivity contribution >= 4 is 17.7 Å². The molecule has 3 saturated heterocycles. The highest BCUT2D eigenvalue weighted by Gasteiger charge is 2.75. The van der Waals surface area contributed by atoms with Crippen LogP contribution in [-0.2, 0) is 30.4 Å². The number of pyridine rings is 3. The van der Waals surface area contributed by atoms with Crippen molar-refractivity contribution in [1.82, 2.24) is 39.5 Å². The Balaban J connectivity index is 0.000000343. The van der Waals surface area contributed by atoms with Gasteiger partial charge in [-0.1, -0.05) is 18.2 Å². The van der Waals surface area contributed by atoms with Gasteiger partial charge in [0, 0.05) is 77.5 Å². The molecule has 4 unspecified atom stereocenters. The summed E-state index contributed by atoms with van der Waals surface area (Å²) in [5.41, 5.74) is -1.80. The molecule has 3 aromatic heterocycles. The van der Waals surface area contributed by atoms with Gasteiger partial charge < -0.3 is 24.2 Å². The first-order valence-corrected chi connectivity index (χ1v) is 17.0. The lowest BCUT2D eigenvalue weighted by molar-refractivity contribution is -0.204. The SMILES string of the molecule is CN1CCN(C)CCN(C)CC1.COC(=O)C12CN(Cc3ccccn3)CC(C(=O)OC)(C1=O)C(c1ccccn1)N(C)C2c1ccccn1. The first-order chi connectivity index (χ1) is 24.1. The summed E-state index contributed by atoms with van der Waals surface area (Å²) >= 11 is 0. The van der Waals surface area contributed by atoms with Crippen LogP contribution in [0.5, 0.6) is 0 Å². The Morgan fingerprint density at radius 1 is 0.660 bits per heavy atom. The van der Waals surface area contributed by atoms with Crippen LogP contribution in [0.1, 0.15) is 29.2 Å². The predicted octanol–water partition coefficient (Wildman–Crippen LogP) is 1.80. The smallest absolute Gasteiger partial charge is 0.322 e. The van der Waals surface area contributed by atoms with Crippen LogP contribution in [0.3, 0.4) is 0 Å². The van der Waals surface area contributed by atoms with Gasteiger partial charge in [-0.25, -0.2) is 0 Å². The monoisotopic (exact) mass is 686 g/mol. The van der Waals surface area contributed by atoms with Gasteiger partial charge >= 0.3 is 11.9 Å². The molecule has 6 heterocycles. The Labute approximate surface area is 295 Å². The molecule has 0 aromatic carbocycles. The predicted molar refractivity (Wildman–Crippen MR) is 188 cm³/mol. The lowest BCUT2D eigenvalue weighted by Crippen LogP contribution is -2.75. The van der Waals surface area contributed by atoms with Crippen LogP contribution in [0, 0.1) is 10.8 Å². The van der Waals surface area contributed by atoms with Gasteiger partial charge in [0.1, 0.15) is 0 Å². The molecule has 13 nitrogen and oxygen atoms in total. The summed E-state index contributed by atoms with van der Waals surface area (Å²) in [5, 5.41) is 0. The summed E-state index contributed by atoms with van der Waals surface area (Å²) in [4.78, 5) is 67.0. The third kappa shape index (κ3) is 7.33. The minimum Gasteiger partial charge on any atom is -0.468 e. The van der Waals surface area contributed by atoms with Crippen molar-refractivity contribution < 1.29 is 23.9 Å². The molecule has 50 heavy (non-hydrogen) atoms. The first-order valence-electron chi connectivity index (χ1n) is 17.0. The molecule has 268 valence electrons. The van der Waals surface area contributed by atoms with Crippen LogP contribution in [-0.4, -0.2) is 152 Å². The summed E-state index contributed by atoms with van der Waals surface area (Å²) in [5.74, 6) is -2.02. The van der Waals surface area contributed by atoms with Crippen molar-refractivity contribution in [3.63, 3.8) is 0 Å². The maximum atomic E-state index is 14.8. The van der Waals surface area contributed by atoms with Gasteiger partial charge in [-0.15, -0.1) is 0 Å². The van der Waals surface area contributed by atoms with Gasteiger partial charge in [-0.3, -0.25) is 39.1 Å². The maximum absolute atomic E-state index is 14.8. The average molecular weight is 687 g/mol. The van der Waals surface area contributed by atoms with Crippen molar-refractivity contribution in [1.29, 1.82) is 0 Å². The van der Waals surface area contributed by atoms with Crippen molar-refractivity contribution in [3.05, 3.63) is 90.3 Å². The Kier molecular flexibility index (Phi) is 12.1. The second-order valence-corrected chi connectivity index (χ2v) is 13.6. The number of esters is 2. The van der Waals surface area contributed by atoms with Crippen LogP contribution >= 0.6 is 0 Å². The fourth-order valence-corrected chi connectivity index (χ4v) is 7.66. The Morgan fingerprint density at radius 3 is 1.40 bits per heavy atom. The van der Waals surface area contributed by atoms with E-state index in [1.807, 2.05) is 28.0 Å². The Morgan fingerprint density at radius 2 is 1.06 bits per heavy atom. The highest BCUT2D eigenvalue weighted by Crippen LogP contribution is 2.60. The van der Waals surface area contributed by atoms with Crippen LogP contribution in [0.25, 0.3) is 0 Å². The number of Topliss-reactive ketones (excluding diaryl/α,β-unsaturated/α-hetero) is 1. The number of hydrogen-bond donors (Lipinski definition) is 0. The number of hydrogen-bond acceptors (Lipinski definition) is 13. The van der Waals surface area contributed by atoms with Crippen LogP contribution in [0.2, 0.25) is 0 Å². The summed E-state index contributed by atoms with van der Waals surface area (Å²) in [6.07, 6.45) is 4.91. The van der Waals surface area contributed by atoms with E-state index in [4.69, 9.17) is 9.47 Å². The minimum absolute atomic E-state index is 0.00828.